The van der Waals surface area contributed by atoms with Gasteiger partial charge in [-0.2, -0.15) is 0 Å². The van der Waals surface area contributed by atoms with Crippen LogP contribution in [-0.2, 0) is 4.79 Å². The van der Waals surface area contributed by atoms with Crippen LogP contribution in [0.1, 0.15) is 12.5 Å². The minimum absolute atomic E-state index is 0.183. The number of carbonyl (C=O) groups is 1. The predicted molar refractivity (Wildman–Crippen MR) is 68.2 cm³/mol. The van der Waals surface area contributed by atoms with Crippen molar-refractivity contribution in [3.05, 3.63) is 36.2 Å². The largest absolute Gasteiger partial charge is 0.508 e. The minimum atomic E-state index is -0.183. The number of aromatic nitrogens is 2. The van der Waals surface area contributed by atoms with E-state index in [9.17, 15) is 9.90 Å². The summed E-state index contributed by atoms with van der Waals surface area (Å²) in [5.74, 6) is 0.458. The average Bonchev–Trinajstić information content (AvgIpc) is 2.30. The highest BCUT2D eigenvalue weighted by atomic mass is 16.3. The number of rotatable bonds is 2. The van der Waals surface area contributed by atoms with Gasteiger partial charge in [0.2, 0.25) is 5.91 Å². The lowest BCUT2D eigenvalue weighted by molar-refractivity contribution is -0.114. The maximum absolute atomic E-state index is 10.9. The molecule has 1 amide bonds. The molecule has 18 heavy (non-hydrogen) atoms. The minimum Gasteiger partial charge on any atom is -0.508 e. The van der Waals surface area contributed by atoms with Gasteiger partial charge in [0.25, 0.3) is 0 Å². The standard InChI is InChI=1S/C13H13N3O2/c1-8-5-10(18)3-4-11(8)12-6-15-13(7-14-12)16-9(2)17/h3-7,18H,1-2H3,(H,15,16,17). The second-order valence-corrected chi connectivity index (χ2v) is 3.97. The first-order valence-corrected chi connectivity index (χ1v) is 5.46. The molecule has 0 spiro atoms. The number of benzene rings is 1. The Balaban J connectivity index is 2.31. The fraction of sp³-hybridized carbons (Fsp3) is 0.154. The molecule has 1 aromatic heterocycles. The third-order valence-corrected chi connectivity index (χ3v) is 2.44. The molecule has 92 valence electrons. The van der Waals surface area contributed by atoms with Crippen molar-refractivity contribution in [2.45, 2.75) is 13.8 Å². The molecular weight excluding hydrogens is 230 g/mol. The Morgan fingerprint density at radius 3 is 2.61 bits per heavy atom. The quantitative estimate of drug-likeness (QED) is 0.847. The fourth-order valence-electron chi connectivity index (χ4n) is 1.65. The van der Waals surface area contributed by atoms with E-state index >= 15 is 0 Å². The van der Waals surface area contributed by atoms with Gasteiger partial charge in [0.1, 0.15) is 5.75 Å². The van der Waals surface area contributed by atoms with E-state index in [1.54, 1.807) is 24.4 Å². The number of amides is 1. The van der Waals surface area contributed by atoms with Crippen LogP contribution in [0.5, 0.6) is 5.75 Å². The SMILES string of the molecule is CC(=O)Nc1cnc(-c2ccc(O)cc2C)cn1. The molecule has 5 heteroatoms. The van der Waals surface area contributed by atoms with E-state index in [1.165, 1.54) is 13.1 Å². The lowest BCUT2D eigenvalue weighted by Crippen LogP contribution is -2.07. The predicted octanol–water partition coefficient (Wildman–Crippen LogP) is 2.12. The van der Waals surface area contributed by atoms with Crippen LogP contribution < -0.4 is 5.32 Å². The summed E-state index contributed by atoms with van der Waals surface area (Å²) in [5.41, 5.74) is 2.51. The molecule has 2 N–H and O–H groups in total. The summed E-state index contributed by atoms with van der Waals surface area (Å²) >= 11 is 0. The van der Waals surface area contributed by atoms with E-state index in [-0.39, 0.29) is 11.7 Å². The van der Waals surface area contributed by atoms with Crippen LogP contribution in [0, 0.1) is 6.92 Å². The van der Waals surface area contributed by atoms with Gasteiger partial charge in [-0.15, -0.1) is 0 Å². The van der Waals surface area contributed by atoms with Crippen LogP contribution in [0.15, 0.2) is 30.6 Å². The number of hydrogen-bond acceptors (Lipinski definition) is 4. The van der Waals surface area contributed by atoms with E-state index in [0.29, 0.717) is 11.5 Å². The average molecular weight is 243 g/mol. The molecule has 0 bridgehead atoms. The molecule has 2 aromatic rings. The lowest BCUT2D eigenvalue weighted by atomic mass is 10.1. The number of phenols is 1. The molecule has 2 rings (SSSR count). The molecular formula is C13H13N3O2. The molecule has 0 aliphatic heterocycles. The highest BCUT2D eigenvalue weighted by molar-refractivity contribution is 5.87. The summed E-state index contributed by atoms with van der Waals surface area (Å²) in [5, 5.41) is 11.9. The van der Waals surface area contributed by atoms with Crippen molar-refractivity contribution in [2.75, 3.05) is 5.32 Å². The van der Waals surface area contributed by atoms with E-state index < -0.39 is 0 Å². The Morgan fingerprint density at radius 2 is 2.06 bits per heavy atom. The number of aromatic hydroxyl groups is 1. The van der Waals surface area contributed by atoms with Gasteiger partial charge in [0, 0.05) is 12.5 Å². The number of aryl methyl sites for hydroxylation is 1. The van der Waals surface area contributed by atoms with Gasteiger partial charge in [-0.25, -0.2) is 4.98 Å². The third-order valence-electron chi connectivity index (χ3n) is 2.44. The molecule has 0 atom stereocenters. The summed E-state index contributed by atoms with van der Waals surface area (Å²) in [6.45, 7) is 3.30. The molecule has 0 saturated carbocycles. The second kappa shape index (κ2) is 4.83. The van der Waals surface area contributed by atoms with Crippen molar-refractivity contribution in [3.8, 4) is 17.0 Å². The summed E-state index contributed by atoms with van der Waals surface area (Å²) < 4.78 is 0. The van der Waals surface area contributed by atoms with Crippen molar-refractivity contribution in [1.82, 2.24) is 9.97 Å². The number of nitrogens with one attached hydrogen (secondary N) is 1. The fourth-order valence-corrected chi connectivity index (χ4v) is 1.65. The molecule has 0 saturated heterocycles. The van der Waals surface area contributed by atoms with Crippen LogP contribution in [0.2, 0.25) is 0 Å². The number of hydrogen-bond donors (Lipinski definition) is 2. The van der Waals surface area contributed by atoms with Gasteiger partial charge >= 0.3 is 0 Å². The lowest BCUT2D eigenvalue weighted by Gasteiger charge is -2.06. The zero-order chi connectivity index (χ0) is 13.1. The van der Waals surface area contributed by atoms with Crippen LogP contribution in [0.4, 0.5) is 5.82 Å². The molecule has 5 nitrogen and oxygen atoms in total. The zero-order valence-corrected chi connectivity index (χ0v) is 10.1. The molecule has 1 heterocycles. The van der Waals surface area contributed by atoms with Gasteiger partial charge in [0.05, 0.1) is 18.1 Å². The zero-order valence-electron chi connectivity index (χ0n) is 10.1. The smallest absolute Gasteiger partial charge is 0.222 e. The molecule has 1 aromatic carbocycles. The van der Waals surface area contributed by atoms with Crippen molar-refractivity contribution >= 4 is 11.7 Å². The van der Waals surface area contributed by atoms with Crippen LogP contribution in [0.3, 0.4) is 0 Å². The Morgan fingerprint density at radius 1 is 1.28 bits per heavy atom. The van der Waals surface area contributed by atoms with Crippen molar-refractivity contribution < 1.29 is 9.90 Å². The highest BCUT2D eigenvalue weighted by Gasteiger charge is 2.05. The summed E-state index contributed by atoms with van der Waals surface area (Å²) in [6, 6.07) is 5.05. The monoisotopic (exact) mass is 243 g/mol. The van der Waals surface area contributed by atoms with Crippen LogP contribution >= 0.6 is 0 Å². The van der Waals surface area contributed by atoms with Gasteiger partial charge in [-0.3, -0.25) is 9.78 Å². The van der Waals surface area contributed by atoms with Crippen molar-refractivity contribution in [1.29, 1.82) is 0 Å². The number of phenolic OH excluding ortho intramolecular Hbond substituents is 1. The third kappa shape index (κ3) is 2.63. The molecule has 0 fully saturated rings. The van der Waals surface area contributed by atoms with Gasteiger partial charge in [0.15, 0.2) is 5.82 Å². The normalized spacial score (nSPS) is 10.1. The van der Waals surface area contributed by atoms with Gasteiger partial charge < -0.3 is 10.4 Å². The highest BCUT2D eigenvalue weighted by Crippen LogP contribution is 2.24. The van der Waals surface area contributed by atoms with Crippen LogP contribution in [0.25, 0.3) is 11.3 Å². The van der Waals surface area contributed by atoms with E-state index in [0.717, 1.165) is 11.1 Å². The van der Waals surface area contributed by atoms with Crippen molar-refractivity contribution in [2.24, 2.45) is 0 Å². The van der Waals surface area contributed by atoms with E-state index in [4.69, 9.17) is 0 Å². The van der Waals surface area contributed by atoms with Crippen LogP contribution in [-0.4, -0.2) is 21.0 Å². The molecule has 0 radical (unpaired) electrons. The maximum Gasteiger partial charge on any atom is 0.222 e. The van der Waals surface area contributed by atoms with Gasteiger partial charge in [-0.05, 0) is 30.7 Å². The summed E-state index contributed by atoms with van der Waals surface area (Å²) in [4.78, 5) is 19.2. The molecule has 0 aliphatic carbocycles. The second-order valence-electron chi connectivity index (χ2n) is 3.97. The first-order chi connectivity index (χ1) is 8.56. The van der Waals surface area contributed by atoms with E-state index in [2.05, 4.69) is 15.3 Å². The first kappa shape index (κ1) is 12.0. The van der Waals surface area contributed by atoms with Gasteiger partial charge in [-0.1, -0.05) is 0 Å². The Bertz CT molecular complexity index is 579. The van der Waals surface area contributed by atoms with E-state index in [1.807, 2.05) is 6.92 Å². The number of anilines is 1. The summed E-state index contributed by atoms with van der Waals surface area (Å²) in [6.07, 6.45) is 3.09. The Hall–Kier alpha value is -2.43. The summed E-state index contributed by atoms with van der Waals surface area (Å²) in [7, 11) is 0. The van der Waals surface area contributed by atoms with Crippen molar-refractivity contribution in [3.63, 3.8) is 0 Å². The maximum atomic E-state index is 10.9. The molecule has 0 aliphatic rings. The first-order valence-electron chi connectivity index (χ1n) is 5.46. The number of carbonyl (C=O) groups excluding carboxylic acids is 1. The topological polar surface area (TPSA) is 75.1 Å². The number of nitrogens with zero attached hydrogens (tertiary/aromatic N) is 2. The Kier molecular flexibility index (Phi) is 3.23. The Labute approximate surface area is 105 Å². The molecule has 0 unspecified atom stereocenters.